The second-order valence-electron chi connectivity index (χ2n) is 4.58. The fourth-order valence-corrected chi connectivity index (χ4v) is 2.52. The van der Waals surface area contributed by atoms with E-state index >= 15 is 0 Å². The van der Waals surface area contributed by atoms with Crippen LogP contribution < -0.4 is 0 Å². The molecule has 2 aliphatic carbocycles. The average Bonchev–Trinajstić information content (AvgIpc) is 1.92. The number of aliphatic hydroxyl groups excluding tert-OH is 1. The second-order valence-corrected chi connectivity index (χ2v) is 4.58. The van der Waals surface area contributed by atoms with E-state index in [2.05, 4.69) is 6.92 Å². The third-order valence-electron chi connectivity index (χ3n) is 3.48. The van der Waals surface area contributed by atoms with Gasteiger partial charge in [-0.2, -0.15) is 0 Å². The SMILES string of the molecule is CC1CC(CC2CCC2O)C1. The van der Waals surface area contributed by atoms with Gasteiger partial charge in [-0.05, 0) is 49.9 Å². The van der Waals surface area contributed by atoms with E-state index in [1.54, 1.807) is 0 Å². The highest BCUT2D eigenvalue weighted by molar-refractivity contribution is 4.86. The van der Waals surface area contributed by atoms with Crippen molar-refractivity contribution in [1.29, 1.82) is 0 Å². The van der Waals surface area contributed by atoms with Crippen molar-refractivity contribution in [2.75, 3.05) is 0 Å². The van der Waals surface area contributed by atoms with Gasteiger partial charge in [0.05, 0.1) is 6.10 Å². The zero-order chi connectivity index (χ0) is 7.84. The molecule has 64 valence electrons. The fraction of sp³-hybridized carbons (Fsp3) is 1.00. The molecular formula is C10H18O. The summed E-state index contributed by atoms with van der Waals surface area (Å²) in [5.41, 5.74) is 0. The van der Waals surface area contributed by atoms with E-state index in [1.165, 1.54) is 25.7 Å². The highest BCUT2D eigenvalue weighted by Gasteiger charge is 2.34. The quantitative estimate of drug-likeness (QED) is 0.646. The molecule has 0 heterocycles. The molecule has 0 aromatic carbocycles. The van der Waals surface area contributed by atoms with Crippen LogP contribution in [0.1, 0.15) is 39.0 Å². The summed E-state index contributed by atoms with van der Waals surface area (Å²) in [6.07, 6.45) is 6.56. The van der Waals surface area contributed by atoms with Crippen molar-refractivity contribution < 1.29 is 5.11 Å². The topological polar surface area (TPSA) is 20.2 Å². The maximum atomic E-state index is 9.34. The molecule has 0 amide bonds. The van der Waals surface area contributed by atoms with Crippen molar-refractivity contribution in [2.24, 2.45) is 17.8 Å². The first-order valence-corrected chi connectivity index (χ1v) is 4.93. The molecule has 2 saturated carbocycles. The smallest absolute Gasteiger partial charge is 0.0568 e. The van der Waals surface area contributed by atoms with Crippen LogP contribution >= 0.6 is 0 Å². The first-order valence-electron chi connectivity index (χ1n) is 4.93. The van der Waals surface area contributed by atoms with Crippen LogP contribution in [0, 0.1) is 17.8 Å². The Bertz CT molecular complexity index is 138. The molecule has 0 bridgehead atoms. The Morgan fingerprint density at radius 2 is 2.00 bits per heavy atom. The van der Waals surface area contributed by atoms with Crippen LogP contribution in [0.15, 0.2) is 0 Å². The van der Waals surface area contributed by atoms with Crippen LogP contribution in [0.5, 0.6) is 0 Å². The van der Waals surface area contributed by atoms with Gasteiger partial charge in [-0.25, -0.2) is 0 Å². The summed E-state index contributed by atoms with van der Waals surface area (Å²) in [6, 6.07) is 0. The Morgan fingerprint density at radius 3 is 2.36 bits per heavy atom. The van der Waals surface area contributed by atoms with Gasteiger partial charge in [-0.1, -0.05) is 6.92 Å². The van der Waals surface area contributed by atoms with Crippen LogP contribution in [0.25, 0.3) is 0 Å². The monoisotopic (exact) mass is 154 g/mol. The van der Waals surface area contributed by atoms with Gasteiger partial charge in [0.1, 0.15) is 0 Å². The van der Waals surface area contributed by atoms with Crippen molar-refractivity contribution in [3.05, 3.63) is 0 Å². The molecule has 2 fully saturated rings. The van der Waals surface area contributed by atoms with Crippen molar-refractivity contribution in [3.8, 4) is 0 Å². The lowest BCUT2D eigenvalue weighted by Crippen LogP contribution is -2.35. The summed E-state index contributed by atoms with van der Waals surface area (Å²) < 4.78 is 0. The minimum Gasteiger partial charge on any atom is -0.393 e. The molecule has 0 aromatic heterocycles. The highest BCUT2D eigenvalue weighted by atomic mass is 16.3. The van der Waals surface area contributed by atoms with Crippen LogP contribution in [0.4, 0.5) is 0 Å². The van der Waals surface area contributed by atoms with Crippen molar-refractivity contribution in [2.45, 2.75) is 45.1 Å². The van der Waals surface area contributed by atoms with Crippen LogP contribution in [-0.4, -0.2) is 11.2 Å². The van der Waals surface area contributed by atoms with E-state index in [-0.39, 0.29) is 6.10 Å². The largest absolute Gasteiger partial charge is 0.393 e. The molecule has 2 rings (SSSR count). The maximum absolute atomic E-state index is 9.34. The average molecular weight is 154 g/mol. The van der Waals surface area contributed by atoms with Crippen molar-refractivity contribution in [1.82, 2.24) is 0 Å². The molecule has 2 unspecified atom stereocenters. The molecule has 2 atom stereocenters. The van der Waals surface area contributed by atoms with Gasteiger partial charge in [0.25, 0.3) is 0 Å². The van der Waals surface area contributed by atoms with Gasteiger partial charge in [0, 0.05) is 0 Å². The molecule has 0 aliphatic heterocycles. The van der Waals surface area contributed by atoms with Crippen LogP contribution in [-0.2, 0) is 0 Å². The van der Waals surface area contributed by atoms with Crippen molar-refractivity contribution >= 4 is 0 Å². The first kappa shape index (κ1) is 7.60. The van der Waals surface area contributed by atoms with Gasteiger partial charge in [0.2, 0.25) is 0 Å². The summed E-state index contributed by atoms with van der Waals surface area (Å²) in [4.78, 5) is 0. The molecule has 1 heteroatoms. The maximum Gasteiger partial charge on any atom is 0.0568 e. The van der Waals surface area contributed by atoms with Gasteiger partial charge in [-0.15, -0.1) is 0 Å². The van der Waals surface area contributed by atoms with E-state index in [0.717, 1.165) is 18.3 Å². The normalized spacial score (nSPS) is 49.6. The summed E-state index contributed by atoms with van der Waals surface area (Å²) in [6.45, 7) is 2.33. The Balaban J connectivity index is 1.67. The summed E-state index contributed by atoms with van der Waals surface area (Å²) in [5.74, 6) is 2.61. The third-order valence-corrected chi connectivity index (χ3v) is 3.48. The summed E-state index contributed by atoms with van der Waals surface area (Å²) in [7, 11) is 0. The second kappa shape index (κ2) is 2.78. The van der Waals surface area contributed by atoms with Gasteiger partial charge in [0.15, 0.2) is 0 Å². The first-order chi connectivity index (χ1) is 5.25. The van der Waals surface area contributed by atoms with E-state index < -0.39 is 0 Å². The molecule has 0 saturated heterocycles. The van der Waals surface area contributed by atoms with E-state index in [0.29, 0.717) is 5.92 Å². The number of rotatable bonds is 2. The van der Waals surface area contributed by atoms with Gasteiger partial charge in [-0.3, -0.25) is 0 Å². The lowest BCUT2D eigenvalue weighted by atomic mass is 9.67. The van der Waals surface area contributed by atoms with Crippen LogP contribution in [0.3, 0.4) is 0 Å². The Hall–Kier alpha value is -0.0400. The fourth-order valence-electron chi connectivity index (χ4n) is 2.52. The highest BCUT2D eigenvalue weighted by Crippen LogP contribution is 2.42. The van der Waals surface area contributed by atoms with Gasteiger partial charge >= 0.3 is 0 Å². The molecule has 0 spiro atoms. The summed E-state index contributed by atoms with van der Waals surface area (Å²) >= 11 is 0. The number of hydrogen-bond donors (Lipinski definition) is 1. The minimum atomic E-state index is 0.0610. The van der Waals surface area contributed by atoms with E-state index in [1.807, 2.05) is 0 Å². The predicted molar refractivity (Wildman–Crippen MR) is 45.2 cm³/mol. The minimum absolute atomic E-state index is 0.0610. The Labute approximate surface area is 68.8 Å². The molecule has 2 aliphatic rings. The molecule has 11 heavy (non-hydrogen) atoms. The number of hydrogen-bond acceptors (Lipinski definition) is 1. The van der Waals surface area contributed by atoms with Crippen LogP contribution in [0.2, 0.25) is 0 Å². The predicted octanol–water partition coefficient (Wildman–Crippen LogP) is 2.19. The lowest BCUT2D eigenvalue weighted by Gasteiger charge is -2.40. The standard InChI is InChI=1S/C10H18O/c1-7-4-8(5-7)6-9-2-3-10(9)11/h7-11H,2-6H2,1H3. The molecular weight excluding hydrogens is 136 g/mol. The Morgan fingerprint density at radius 1 is 1.27 bits per heavy atom. The zero-order valence-corrected chi connectivity index (χ0v) is 7.29. The van der Waals surface area contributed by atoms with Crippen molar-refractivity contribution in [3.63, 3.8) is 0 Å². The Kier molecular flexibility index (Phi) is 1.92. The summed E-state index contributed by atoms with van der Waals surface area (Å²) in [5, 5.41) is 9.34. The molecule has 0 radical (unpaired) electrons. The lowest BCUT2D eigenvalue weighted by molar-refractivity contribution is -0.00266. The molecule has 0 aromatic rings. The molecule has 1 nitrogen and oxygen atoms in total. The number of aliphatic hydroxyl groups is 1. The van der Waals surface area contributed by atoms with Gasteiger partial charge < -0.3 is 5.11 Å². The molecule has 1 N–H and O–H groups in total. The third kappa shape index (κ3) is 1.44. The zero-order valence-electron chi connectivity index (χ0n) is 7.29. The van der Waals surface area contributed by atoms with E-state index in [4.69, 9.17) is 0 Å². The van der Waals surface area contributed by atoms with E-state index in [9.17, 15) is 5.11 Å².